The molecule has 0 aliphatic carbocycles. The molecule has 15 heavy (non-hydrogen) atoms. The van der Waals surface area contributed by atoms with Crippen LogP contribution in [0.25, 0.3) is 0 Å². The fourth-order valence-corrected chi connectivity index (χ4v) is 1.50. The molecule has 1 aromatic rings. The van der Waals surface area contributed by atoms with Gasteiger partial charge in [-0.05, 0) is 30.5 Å². The van der Waals surface area contributed by atoms with E-state index in [-0.39, 0.29) is 5.75 Å². The highest BCUT2D eigenvalue weighted by Crippen LogP contribution is 2.18. The second-order valence-corrected chi connectivity index (χ2v) is 3.59. The highest BCUT2D eigenvalue weighted by Gasteiger charge is 2.00. The molecule has 0 saturated heterocycles. The first-order valence-corrected chi connectivity index (χ1v) is 5.27. The molecule has 0 aliphatic rings. The predicted molar refractivity (Wildman–Crippen MR) is 60.7 cm³/mol. The van der Waals surface area contributed by atoms with E-state index in [1.165, 1.54) is 19.1 Å². The van der Waals surface area contributed by atoms with Crippen LogP contribution < -0.4 is 0 Å². The third-order valence-electron chi connectivity index (χ3n) is 2.36. The average Bonchev–Trinajstić information content (AvgIpc) is 2.23. The molecule has 82 valence electrons. The summed E-state index contributed by atoms with van der Waals surface area (Å²) in [7, 11) is 0. The fraction of sp³-hybridized carbons (Fsp3) is 0.417. The first kappa shape index (κ1) is 11.6. The second kappa shape index (κ2) is 6.06. The van der Waals surface area contributed by atoms with Crippen LogP contribution in [0.15, 0.2) is 23.4 Å². The molecule has 0 fully saturated rings. The molecule has 0 amide bonds. The number of aromatic hydroxyl groups is 1. The van der Waals surface area contributed by atoms with Crippen molar-refractivity contribution in [2.24, 2.45) is 5.16 Å². The third-order valence-corrected chi connectivity index (χ3v) is 2.36. The summed E-state index contributed by atoms with van der Waals surface area (Å²) in [5.41, 5.74) is 1.72. The van der Waals surface area contributed by atoms with E-state index in [0.717, 1.165) is 18.4 Å². The topological polar surface area (TPSA) is 52.8 Å². The number of nitrogens with zero attached hydrogens (tertiary/aromatic N) is 1. The van der Waals surface area contributed by atoms with Crippen molar-refractivity contribution in [3.63, 3.8) is 0 Å². The van der Waals surface area contributed by atoms with E-state index < -0.39 is 0 Å². The van der Waals surface area contributed by atoms with Crippen LogP contribution in [0.3, 0.4) is 0 Å². The summed E-state index contributed by atoms with van der Waals surface area (Å²) in [6.07, 6.45) is 5.81. The molecule has 3 nitrogen and oxygen atoms in total. The van der Waals surface area contributed by atoms with E-state index in [4.69, 9.17) is 5.21 Å². The SMILES string of the molecule is CCCCCc1ccc(O)c(C=NO)c1. The molecule has 1 rings (SSSR count). The maximum Gasteiger partial charge on any atom is 0.124 e. The lowest BCUT2D eigenvalue weighted by Gasteiger charge is -2.03. The van der Waals surface area contributed by atoms with Crippen LogP contribution in [-0.2, 0) is 6.42 Å². The van der Waals surface area contributed by atoms with E-state index in [1.54, 1.807) is 6.07 Å². The maximum absolute atomic E-state index is 9.44. The van der Waals surface area contributed by atoms with Crippen molar-refractivity contribution in [1.29, 1.82) is 0 Å². The number of aryl methyl sites for hydroxylation is 1. The van der Waals surface area contributed by atoms with Gasteiger partial charge in [-0.2, -0.15) is 0 Å². The van der Waals surface area contributed by atoms with Gasteiger partial charge in [0, 0.05) is 5.56 Å². The Morgan fingerprint density at radius 2 is 2.13 bits per heavy atom. The smallest absolute Gasteiger partial charge is 0.124 e. The van der Waals surface area contributed by atoms with Crippen LogP contribution in [0.1, 0.15) is 37.3 Å². The van der Waals surface area contributed by atoms with Crippen molar-refractivity contribution >= 4 is 6.21 Å². The number of unbranched alkanes of at least 4 members (excludes halogenated alkanes) is 2. The average molecular weight is 207 g/mol. The molecule has 0 saturated carbocycles. The van der Waals surface area contributed by atoms with Gasteiger partial charge < -0.3 is 10.3 Å². The Hall–Kier alpha value is -1.51. The van der Waals surface area contributed by atoms with Gasteiger partial charge in [0.25, 0.3) is 0 Å². The molecule has 0 aliphatic heterocycles. The van der Waals surface area contributed by atoms with Gasteiger partial charge in [0.2, 0.25) is 0 Å². The lowest BCUT2D eigenvalue weighted by Crippen LogP contribution is -1.89. The molecule has 1 aromatic carbocycles. The van der Waals surface area contributed by atoms with Crippen molar-refractivity contribution in [2.45, 2.75) is 32.6 Å². The van der Waals surface area contributed by atoms with Gasteiger partial charge >= 0.3 is 0 Å². The number of phenolic OH excluding ortho intramolecular Hbond substituents is 1. The number of rotatable bonds is 5. The van der Waals surface area contributed by atoms with Gasteiger partial charge in [-0.1, -0.05) is 31.0 Å². The molecule has 3 heteroatoms. The van der Waals surface area contributed by atoms with E-state index in [9.17, 15) is 5.11 Å². The Bertz CT molecular complexity index is 334. The van der Waals surface area contributed by atoms with Crippen LogP contribution in [0.4, 0.5) is 0 Å². The number of oxime groups is 1. The molecule has 0 aromatic heterocycles. The first-order chi connectivity index (χ1) is 7.27. The standard InChI is InChI=1S/C12H17NO2/c1-2-3-4-5-10-6-7-12(14)11(8-10)9-13-15/h6-9,14-15H,2-5H2,1H3. The maximum atomic E-state index is 9.44. The zero-order valence-electron chi connectivity index (χ0n) is 8.98. The van der Waals surface area contributed by atoms with Crippen molar-refractivity contribution in [2.75, 3.05) is 0 Å². The third kappa shape index (κ3) is 3.62. The number of phenols is 1. The highest BCUT2D eigenvalue weighted by molar-refractivity contribution is 5.83. The quantitative estimate of drug-likeness (QED) is 0.337. The van der Waals surface area contributed by atoms with Gasteiger partial charge in [-0.3, -0.25) is 0 Å². The van der Waals surface area contributed by atoms with Crippen LogP contribution in [0.5, 0.6) is 5.75 Å². The predicted octanol–water partition coefficient (Wildman–Crippen LogP) is 2.93. The van der Waals surface area contributed by atoms with Gasteiger partial charge in [0.15, 0.2) is 0 Å². The number of benzene rings is 1. The summed E-state index contributed by atoms with van der Waals surface area (Å²) < 4.78 is 0. The number of hydrogen-bond acceptors (Lipinski definition) is 3. The monoisotopic (exact) mass is 207 g/mol. The normalized spacial score (nSPS) is 11.0. The molecule has 0 radical (unpaired) electrons. The Labute approximate surface area is 90.1 Å². The van der Waals surface area contributed by atoms with Gasteiger partial charge in [-0.25, -0.2) is 0 Å². The van der Waals surface area contributed by atoms with Crippen molar-refractivity contribution < 1.29 is 10.3 Å². The Morgan fingerprint density at radius 3 is 2.80 bits per heavy atom. The van der Waals surface area contributed by atoms with Gasteiger partial charge in [-0.15, -0.1) is 0 Å². The summed E-state index contributed by atoms with van der Waals surface area (Å²) in [4.78, 5) is 0. The van der Waals surface area contributed by atoms with Crippen molar-refractivity contribution in [3.8, 4) is 5.75 Å². The Balaban J connectivity index is 2.69. The zero-order chi connectivity index (χ0) is 11.1. The lowest BCUT2D eigenvalue weighted by molar-refractivity contribution is 0.321. The minimum Gasteiger partial charge on any atom is -0.507 e. The van der Waals surface area contributed by atoms with E-state index in [2.05, 4.69) is 12.1 Å². The van der Waals surface area contributed by atoms with E-state index >= 15 is 0 Å². The van der Waals surface area contributed by atoms with Crippen LogP contribution in [-0.4, -0.2) is 16.5 Å². The molecular weight excluding hydrogens is 190 g/mol. The van der Waals surface area contributed by atoms with E-state index in [1.807, 2.05) is 12.1 Å². The molecule has 0 unspecified atom stereocenters. The van der Waals surface area contributed by atoms with E-state index in [0.29, 0.717) is 5.56 Å². The summed E-state index contributed by atoms with van der Waals surface area (Å²) in [6, 6.07) is 5.39. The molecule has 0 spiro atoms. The van der Waals surface area contributed by atoms with Crippen molar-refractivity contribution in [3.05, 3.63) is 29.3 Å². The number of hydrogen-bond donors (Lipinski definition) is 2. The van der Waals surface area contributed by atoms with Crippen LogP contribution in [0.2, 0.25) is 0 Å². The summed E-state index contributed by atoms with van der Waals surface area (Å²) in [6.45, 7) is 2.17. The highest BCUT2D eigenvalue weighted by atomic mass is 16.4. The minimum absolute atomic E-state index is 0.145. The molecule has 2 N–H and O–H groups in total. The van der Waals surface area contributed by atoms with Crippen LogP contribution in [0, 0.1) is 0 Å². The van der Waals surface area contributed by atoms with Gasteiger partial charge in [0.05, 0.1) is 6.21 Å². The van der Waals surface area contributed by atoms with Crippen LogP contribution >= 0.6 is 0 Å². The second-order valence-electron chi connectivity index (χ2n) is 3.59. The molecule has 0 bridgehead atoms. The Kier molecular flexibility index (Phi) is 4.68. The lowest BCUT2D eigenvalue weighted by atomic mass is 10.0. The minimum atomic E-state index is 0.145. The summed E-state index contributed by atoms with van der Waals surface area (Å²) >= 11 is 0. The summed E-state index contributed by atoms with van der Waals surface area (Å²) in [5, 5.41) is 20.8. The molecule has 0 heterocycles. The van der Waals surface area contributed by atoms with Gasteiger partial charge in [0.1, 0.15) is 5.75 Å². The first-order valence-electron chi connectivity index (χ1n) is 5.27. The zero-order valence-corrected chi connectivity index (χ0v) is 8.98. The fourth-order valence-electron chi connectivity index (χ4n) is 1.50. The Morgan fingerprint density at radius 1 is 1.33 bits per heavy atom. The summed E-state index contributed by atoms with van der Waals surface area (Å²) in [5.74, 6) is 0.145. The molecule has 0 atom stereocenters. The molecular formula is C12H17NO2. The largest absolute Gasteiger partial charge is 0.507 e. The van der Waals surface area contributed by atoms with Crippen molar-refractivity contribution in [1.82, 2.24) is 0 Å².